The number of anilines is 1. The predicted octanol–water partition coefficient (Wildman–Crippen LogP) is 2.47. The highest BCUT2D eigenvalue weighted by Crippen LogP contribution is 2.34. The Balaban J connectivity index is 2.00. The minimum absolute atomic E-state index is 0.0262. The fraction of sp³-hybridized carbons (Fsp3) is 0.333. The van der Waals surface area contributed by atoms with Crippen LogP contribution >= 0.6 is 0 Å². The van der Waals surface area contributed by atoms with E-state index in [0.717, 1.165) is 42.1 Å². The molecule has 1 atom stereocenters. The minimum atomic E-state index is -0.761. The Morgan fingerprint density at radius 3 is 2.88 bits per heavy atom. The molecule has 2 aliphatic rings. The largest absolute Gasteiger partial charge is 0.272 e. The molecule has 1 amide bonds. The zero-order chi connectivity index (χ0) is 12.0. The van der Waals surface area contributed by atoms with Gasteiger partial charge in [0, 0.05) is 6.07 Å². The van der Waals surface area contributed by atoms with Crippen LogP contribution in [0.15, 0.2) is 23.3 Å². The van der Waals surface area contributed by atoms with Crippen LogP contribution in [0.1, 0.15) is 19.3 Å². The van der Waals surface area contributed by atoms with Crippen molar-refractivity contribution in [1.29, 1.82) is 0 Å². The number of benzene rings is 1. The van der Waals surface area contributed by atoms with Gasteiger partial charge in [0.25, 0.3) is 5.91 Å². The number of hydrazone groups is 1. The average Bonchev–Trinajstić information content (AvgIpc) is 2.83. The van der Waals surface area contributed by atoms with Gasteiger partial charge in [0.2, 0.25) is 0 Å². The summed E-state index contributed by atoms with van der Waals surface area (Å²) in [6.45, 7) is 0. The molecule has 1 aromatic rings. The van der Waals surface area contributed by atoms with Crippen LogP contribution in [0, 0.1) is 17.6 Å². The number of hydrogen-bond donors (Lipinski definition) is 0. The van der Waals surface area contributed by atoms with Gasteiger partial charge in [-0.15, -0.1) is 0 Å². The summed E-state index contributed by atoms with van der Waals surface area (Å²) in [7, 11) is 0. The average molecular weight is 236 g/mol. The summed E-state index contributed by atoms with van der Waals surface area (Å²) >= 11 is 0. The third-order valence-corrected chi connectivity index (χ3v) is 3.20. The Labute approximate surface area is 96.7 Å². The van der Waals surface area contributed by atoms with Crippen molar-refractivity contribution >= 4 is 17.3 Å². The Kier molecular flexibility index (Phi) is 2.21. The van der Waals surface area contributed by atoms with Crippen molar-refractivity contribution in [2.45, 2.75) is 19.3 Å². The maximum atomic E-state index is 13.5. The quantitative estimate of drug-likeness (QED) is 0.737. The summed E-state index contributed by atoms with van der Waals surface area (Å²) in [6.07, 6.45) is 2.52. The van der Waals surface area contributed by atoms with Crippen LogP contribution in [-0.4, -0.2) is 11.6 Å². The summed E-state index contributed by atoms with van der Waals surface area (Å²) in [5, 5.41) is 5.19. The second-order valence-electron chi connectivity index (χ2n) is 4.28. The zero-order valence-electron chi connectivity index (χ0n) is 8.99. The molecule has 0 aromatic heterocycles. The first kappa shape index (κ1) is 10.4. The third kappa shape index (κ3) is 1.53. The van der Waals surface area contributed by atoms with Crippen LogP contribution in [0.2, 0.25) is 0 Å². The van der Waals surface area contributed by atoms with Crippen LogP contribution in [-0.2, 0) is 4.79 Å². The molecule has 1 aliphatic heterocycles. The van der Waals surface area contributed by atoms with Crippen LogP contribution in [0.3, 0.4) is 0 Å². The number of nitrogens with zero attached hydrogens (tertiary/aromatic N) is 2. The number of rotatable bonds is 1. The smallest absolute Gasteiger partial charge is 0.256 e. The standard InChI is InChI=1S/C12H10F2N2O/c13-7-4-5-11(9(14)6-7)16-12(17)8-2-1-3-10(8)15-16/h4-6,8H,1-3H2. The van der Waals surface area contributed by atoms with Crippen molar-refractivity contribution in [3.8, 4) is 0 Å². The molecular formula is C12H10F2N2O. The number of amides is 1. The van der Waals surface area contributed by atoms with Crippen LogP contribution in [0.25, 0.3) is 0 Å². The van der Waals surface area contributed by atoms with E-state index in [9.17, 15) is 13.6 Å². The highest BCUT2D eigenvalue weighted by molar-refractivity contribution is 6.16. The maximum absolute atomic E-state index is 13.5. The Bertz CT molecular complexity index is 527. The van der Waals surface area contributed by atoms with Gasteiger partial charge in [-0.2, -0.15) is 10.1 Å². The second-order valence-corrected chi connectivity index (χ2v) is 4.28. The Morgan fingerprint density at radius 2 is 2.18 bits per heavy atom. The fourth-order valence-corrected chi connectivity index (χ4v) is 2.36. The summed E-state index contributed by atoms with van der Waals surface area (Å²) in [4.78, 5) is 12.0. The van der Waals surface area contributed by atoms with Crippen LogP contribution in [0.4, 0.5) is 14.5 Å². The number of carbonyl (C=O) groups excluding carboxylic acids is 1. The lowest BCUT2D eigenvalue weighted by atomic mass is 10.1. The molecule has 3 nitrogen and oxygen atoms in total. The van der Waals surface area contributed by atoms with E-state index in [2.05, 4.69) is 5.10 Å². The molecule has 1 saturated carbocycles. The van der Waals surface area contributed by atoms with Crippen LogP contribution in [0.5, 0.6) is 0 Å². The molecule has 1 fully saturated rings. The highest BCUT2D eigenvalue weighted by atomic mass is 19.1. The first-order chi connectivity index (χ1) is 8.16. The summed E-state index contributed by atoms with van der Waals surface area (Å²) in [5.74, 6) is -1.82. The van der Waals surface area contributed by atoms with Crippen molar-refractivity contribution in [2.75, 3.05) is 5.01 Å². The highest BCUT2D eigenvalue weighted by Gasteiger charge is 2.40. The summed E-state index contributed by atoms with van der Waals surface area (Å²) < 4.78 is 26.3. The van der Waals surface area contributed by atoms with Gasteiger partial charge >= 0.3 is 0 Å². The molecule has 1 aliphatic carbocycles. The van der Waals surface area contributed by atoms with Gasteiger partial charge in [0.15, 0.2) is 5.82 Å². The van der Waals surface area contributed by atoms with E-state index in [1.165, 1.54) is 6.07 Å². The van der Waals surface area contributed by atoms with Gasteiger partial charge in [0.05, 0.1) is 11.6 Å². The summed E-state index contributed by atoms with van der Waals surface area (Å²) in [6, 6.07) is 3.13. The van der Waals surface area contributed by atoms with Crippen molar-refractivity contribution < 1.29 is 13.6 Å². The molecule has 1 unspecified atom stereocenters. The molecule has 0 N–H and O–H groups in total. The van der Waals surface area contributed by atoms with Crippen molar-refractivity contribution in [3.05, 3.63) is 29.8 Å². The maximum Gasteiger partial charge on any atom is 0.256 e. The molecule has 1 aromatic carbocycles. The molecule has 3 rings (SSSR count). The number of fused-ring (bicyclic) bond motifs is 1. The molecule has 0 radical (unpaired) electrons. The van der Waals surface area contributed by atoms with Crippen molar-refractivity contribution in [2.24, 2.45) is 11.0 Å². The van der Waals surface area contributed by atoms with E-state index in [-0.39, 0.29) is 17.5 Å². The van der Waals surface area contributed by atoms with Gasteiger partial charge in [-0.3, -0.25) is 4.79 Å². The fourth-order valence-electron chi connectivity index (χ4n) is 2.36. The first-order valence-corrected chi connectivity index (χ1v) is 5.53. The normalized spacial score (nSPS) is 22.9. The predicted molar refractivity (Wildman–Crippen MR) is 58.6 cm³/mol. The van der Waals surface area contributed by atoms with E-state index in [0.29, 0.717) is 0 Å². The van der Waals surface area contributed by atoms with Gasteiger partial charge in [0.1, 0.15) is 11.5 Å². The monoisotopic (exact) mass is 236 g/mol. The topological polar surface area (TPSA) is 32.7 Å². The lowest BCUT2D eigenvalue weighted by molar-refractivity contribution is -0.119. The lowest BCUT2D eigenvalue weighted by Crippen LogP contribution is -2.26. The van der Waals surface area contributed by atoms with E-state index >= 15 is 0 Å². The molecule has 1 heterocycles. The van der Waals surface area contributed by atoms with E-state index in [1.807, 2.05) is 0 Å². The van der Waals surface area contributed by atoms with Gasteiger partial charge < -0.3 is 0 Å². The number of hydrogen-bond acceptors (Lipinski definition) is 2. The van der Waals surface area contributed by atoms with E-state index < -0.39 is 11.6 Å². The molecule has 17 heavy (non-hydrogen) atoms. The second kappa shape index (κ2) is 3.61. The minimum Gasteiger partial charge on any atom is -0.272 e. The van der Waals surface area contributed by atoms with Gasteiger partial charge in [-0.25, -0.2) is 8.78 Å². The SMILES string of the molecule is O=C1C2CCCC2=NN1c1ccc(F)cc1F. The molecule has 5 heteroatoms. The van der Waals surface area contributed by atoms with Crippen molar-refractivity contribution in [1.82, 2.24) is 0 Å². The van der Waals surface area contributed by atoms with E-state index in [4.69, 9.17) is 0 Å². The number of halogens is 2. The van der Waals surface area contributed by atoms with E-state index in [1.54, 1.807) is 0 Å². The van der Waals surface area contributed by atoms with Crippen LogP contribution < -0.4 is 5.01 Å². The van der Waals surface area contributed by atoms with Gasteiger partial charge in [-0.1, -0.05) is 0 Å². The Morgan fingerprint density at radius 1 is 1.35 bits per heavy atom. The Hall–Kier alpha value is -1.78. The van der Waals surface area contributed by atoms with Gasteiger partial charge in [-0.05, 0) is 31.4 Å². The molecule has 0 spiro atoms. The molecule has 0 saturated heterocycles. The summed E-state index contributed by atoms with van der Waals surface area (Å²) in [5.41, 5.74) is 0.844. The zero-order valence-corrected chi connectivity index (χ0v) is 8.99. The lowest BCUT2D eigenvalue weighted by Gasteiger charge is -2.14. The first-order valence-electron chi connectivity index (χ1n) is 5.53. The molecule has 88 valence electrons. The molecular weight excluding hydrogens is 226 g/mol. The van der Waals surface area contributed by atoms with Crippen molar-refractivity contribution in [3.63, 3.8) is 0 Å². The molecule has 0 bridgehead atoms. The third-order valence-electron chi connectivity index (χ3n) is 3.20. The number of carbonyl (C=O) groups is 1.